The number of aromatic nitrogens is 6. The number of nitrogens with zero attached hydrogens (tertiary/aromatic N) is 6. The number of ether oxygens (including phenoxy) is 1. The second kappa shape index (κ2) is 9.06. The van der Waals surface area contributed by atoms with Crippen LogP contribution in [0.3, 0.4) is 0 Å². The molecule has 0 saturated heterocycles. The summed E-state index contributed by atoms with van der Waals surface area (Å²) in [6.07, 6.45) is 3.11. The van der Waals surface area contributed by atoms with Crippen molar-refractivity contribution >= 4 is 28.7 Å². The van der Waals surface area contributed by atoms with E-state index in [1.807, 2.05) is 32.0 Å². The van der Waals surface area contributed by atoms with Gasteiger partial charge in [-0.15, -0.1) is 0 Å². The Labute approximate surface area is 206 Å². The van der Waals surface area contributed by atoms with Gasteiger partial charge in [0.1, 0.15) is 12.1 Å². The molecule has 5 rings (SSSR count). The molecule has 5 aromatic rings. The molecule has 0 radical (unpaired) electrons. The average molecular weight is 482 g/mol. The van der Waals surface area contributed by atoms with Crippen molar-refractivity contribution in [3.63, 3.8) is 0 Å². The quantitative estimate of drug-likeness (QED) is 0.378. The van der Waals surface area contributed by atoms with Crippen LogP contribution in [-0.4, -0.2) is 48.5 Å². The lowest BCUT2D eigenvalue weighted by atomic mass is 10.1. The Bertz CT molecular complexity index is 1630. The number of methoxy groups -OCH3 is 1. The molecule has 10 heteroatoms. The van der Waals surface area contributed by atoms with Crippen molar-refractivity contribution < 1.29 is 14.3 Å². The van der Waals surface area contributed by atoms with E-state index < -0.39 is 11.9 Å². The number of benzene rings is 2. The molecule has 0 aliphatic rings. The second-order valence-corrected chi connectivity index (χ2v) is 8.33. The van der Waals surface area contributed by atoms with E-state index in [2.05, 4.69) is 32.4 Å². The minimum absolute atomic E-state index is 0.166. The predicted octanol–water partition coefficient (Wildman–Crippen LogP) is 3.97. The van der Waals surface area contributed by atoms with Crippen LogP contribution in [0, 0.1) is 20.8 Å². The molecule has 1 N–H and O–H groups in total. The van der Waals surface area contributed by atoms with Crippen LogP contribution in [0.1, 0.15) is 37.5 Å². The summed E-state index contributed by atoms with van der Waals surface area (Å²) in [6.45, 7) is 5.91. The Kier molecular flexibility index (Phi) is 5.77. The maximum absolute atomic E-state index is 13.2. The number of amides is 1. The molecule has 0 fully saturated rings. The van der Waals surface area contributed by atoms with Crippen LogP contribution < -0.4 is 5.32 Å². The third-order valence-electron chi connectivity index (χ3n) is 5.93. The standard InChI is InChI=1S/C26H23N7O3/c1-15-9-10-18(11-16(15)2)32-23-21(13-29-32)24(28-14-27-23)33-22(12-17(3)31-33)30-25(34)19-7-5-6-8-20(19)26(35)36-4/h5-14H,1-4H3,(H,30,34). The van der Waals surface area contributed by atoms with Crippen molar-refractivity contribution in [3.8, 4) is 11.5 Å². The summed E-state index contributed by atoms with van der Waals surface area (Å²) < 4.78 is 8.09. The Morgan fingerprint density at radius 1 is 0.917 bits per heavy atom. The first kappa shape index (κ1) is 22.9. The average Bonchev–Trinajstić information content (AvgIpc) is 3.48. The smallest absolute Gasteiger partial charge is 0.338 e. The number of aryl methyl sites for hydroxylation is 3. The molecule has 0 aliphatic heterocycles. The summed E-state index contributed by atoms with van der Waals surface area (Å²) in [5.41, 5.74) is 4.83. The molecule has 10 nitrogen and oxygen atoms in total. The highest BCUT2D eigenvalue weighted by atomic mass is 16.5. The van der Waals surface area contributed by atoms with Crippen molar-refractivity contribution in [2.75, 3.05) is 12.4 Å². The third kappa shape index (κ3) is 3.98. The molecular weight excluding hydrogens is 458 g/mol. The van der Waals surface area contributed by atoms with Crippen molar-refractivity contribution in [2.24, 2.45) is 0 Å². The van der Waals surface area contributed by atoms with Gasteiger partial charge in [-0.25, -0.2) is 19.4 Å². The van der Waals surface area contributed by atoms with E-state index in [9.17, 15) is 9.59 Å². The first-order valence-corrected chi connectivity index (χ1v) is 11.2. The lowest BCUT2D eigenvalue weighted by Gasteiger charge is -2.11. The van der Waals surface area contributed by atoms with Gasteiger partial charge in [-0.05, 0) is 56.2 Å². The molecule has 0 bridgehead atoms. The van der Waals surface area contributed by atoms with Gasteiger partial charge in [0.2, 0.25) is 0 Å². The number of anilines is 1. The van der Waals surface area contributed by atoms with Crippen LogP contribution in [0.5, 0.6) is 0 Å². The van der Waals surface area contributed by atoms with Crippen molar-refractivity contribution in [2.45, 2.75) is 20.8 Å². The van der Waals surface area contributed by atoms with Gasteiger partial charge in [0.05, 0.1) is 41.2 Å². The van der Waals surface area contributed by atoms with E-state index in [-0.39, 0.29) is 11.1 Å². The van der Waals surface area contributed by atoms with Gasteiger partial charge in [-0.2, -0.15) is 14.9 Å². The fourth-order valence-corrected chi connectivity index (χ4v) is 3.95. The molecular formula is C26H23N7O3. The Hall–Kier alpha value is -4.86. The fraction of sp³-hybridized carbons (Fsp3) is 0.154. The molecule has 3 heterocycles. The molecule has 0 saturated carbocycles. The normalized spacial score (nSPS) is 11.0. The SMILES string of the molecule is COC(=O)c1ccccc1C(=O)Nc1cc(C)nn1-c1ncnc2c1cnn2-c1ccc(C)c(C)c1. The second-order valence-electron chi connectivity index (χ2n) is 8.33. The van der Waals surface area contributed by atoms with Gasteiger partial charge in [0.15, 0.2) is 11.5 Å². The van der Waals surface area contributed by atoms with Crippen LogP contribution in [-0.2, 0) is 4.74 Å². The zero-order valence-corrected chi connectivity index (χ0v) is 20.2. The van der Waals surface area contributed by atoms with Crippen molar-refractivity contribution in [1.82, 2.24) is 29.5 Å². The monoisotopic (exact) mass is 481 g/mol. The van der Waals surface area contributed by atoms with Gasteiger partial charge >= 0.3 is 5.97 Å². The Morgan fingerprint density at radius 3 is 2.44 bits per heavy atom. The zero-order valence-electron chi connectivity index (χ0n) is 20.2. The first-order chi connectivity index (χ1) is 17.4. The van der Waals surface area contributed by atoms with E-state index in [0.717, 1.165) is 11.3 Å². The van der Waals surface area contributed by atoms with Gasteiger partial charge < -0.3 is 10.1 Å². The Morgan fingerprint density at radius 2 is 1.69 bits per heavy atom. The number of hydrogen-bond acceptors (Lipinski definition) is 7. The molecule has 0 unspecified atom stereocenters. The zero-order chi connectivity index (χ0) is 25.4. The van der Waals surface area contributed by atoms with Crippen LogP contribution in [0.2, 0.25) is 0 Å². The summed E-state index contributed by atoms with van der Waals surface area (Å²) in [7, 11) is 1.27. The van der Waals surface area contributed by atoms with E-state index in [1.165, 1.54) is 23.7 Å². The molecule has 0 atom stereocenters. The van der Waals surface area contributed by atoms with Crippen molar-refractivity contribution in [1.29, 1.82) is 0 Å². The summed E-state index contributed by atoms with van der Waals surface area (Å²) in [5.74, 6) is -0.231. The minimum atomic E-state index is -0.596. The van der Waals surface area contributed by atoms with E-state index in [0.29, 0.717) is 28.4 Å². The molecule has 2 aromatic carbocycles. The molecule has 3 aromatic heterocycles. The number of rotatable bonds is 5. The number of carbonyl (C=O) groups is 2. The van der Waals surface area contributed by atoms with Gasteiger partial charge in [0, 0.05) is 6.07 Å². The van der Waals surface area contributed by atoms with E-state index in [4.69, 9.17) is 4.74 Å². The van der Waals surface area contributed by atoms with Gasteiger partial charge in [0.25, 0.3) is 5.91 Å². The van der Waals surface area contributed by atoms with Crippen LogP contribution >= 0.6 is 0 Å². The van der Waals surface area contributed by atoms with Gasteiger partial charge in [-0.3, -0.25) is 4.79 Å². The molecule has 36 heavy (non-hydrogen) atoms. The highest BCUT2D eigenvalue weighted by molar-refractivity contribution is 6.10. The fourth-order valence-electron chi connectivity index (χ4n) is 3.95. The maximum atomic E-state index is 13.2. The first-order valence-electron chi connectivity index (χ1n) is 11.2. The lowest BCUT2D eigenvalue weighted by Crippen LogP contribution is -2.19. The summed E-state index contributed by atoms with van der Waals surface area (Å²) in [5, 5.41) is 12.6. The number of esters is 1. The summed E-state index contributed by atoms with van der Waals surface area (Å²) >= 11 is 0. The van der Waals surface area contributed by atoms with Crippen LogP contribution in [0.25, 0.3) is 22.5 Å². The summed E-state index contributed by atoms with van der Waals surface area (Å²) in [4.78, 5) is 34.2. The topological polar surface area (TPSA) is 117 Å². The van der Waals surface area contributed by atoms with Crippen molar-refractivity contribution in [3.05, 3.63) is 89.0 Å². The molecule has 1 amide bonds. The number of hydrogen-bond donors (Lipinski definition) is 1. The number of fused-ring (bicyclic) bond motifs is 1. The lowest BCUT2D eigenvalue weighted by molar-refractivity contribution is 0.0597. The highest BCUT2D eigenvalue weighted by Gasteiger charge is 2.21. The van der Waals surface area contributed by atoms with E-state index >= 15 is 0 Å². The molecule has 0 aliphatic carbocycles. The van der Waals surface area contributed by atoms with E-state index in [1.54, 1.807) is 41.2 Å². The van der Waals surface area contributed by atoms with Crippen LogP contribution in [0.4, 0.5) is 5.82 Å². The number of carbonyl (C=O) groups excluding carboxylic acids is 2. The van der Waals surface area contributed by atoms with Crippen LogP contribution in [0.15, 0.2) is 61.1 Å². The largest absolute Gasteiger partial charge is 0.465 e. The maximum Gasteiger partial charge on any atom is 0.338 e. The Balaban J connectivity index is 1.56. The third-order valence-corrected chi connectivity index (χ3v) is 5.93. The minimum Gasteiger partial charge on any atom is -0.465 e. The summed E-state index contributed by atoms with van der Waals surface area (Å²) in [6, 6.07) is 14.2. The van der Waals surface area contributed by atoms with Gasteiger partial charge in [-0.1, -0.05) is 18.2 Å². The molecule has 180 valence electrons. The molecule has 0 spiro atoms. The predicted molar refractivity (Wildman–Crippen MR) is 134 cm³/mol. The number of nitrogens with one attached hydrogen (secondary N) is 1. The highest BCUT2D eigenvalue weighted by Crippen LogP contribution is 2.25.